The first kappa shape index (κ1) is 17.7. The van der Waals surface area contributed by atoms with Crippen molar-refractivity contribution in [3.63, 3.8) is 0 Å². The summed E-state index contributed by atoms with van der Waals surface area (Å²) in [5, 5.41) is 9.82. The molecule has 2 saturated heterocycles. The Balaban J connectivity index is 1.50. The number of piperidine rings is 1. The van der Waals surface area contributed by atoms with Gasteiger partial charge in [0.25, 0.3) is 0 Å². The van der Waals surface area contributed by atoms with E-state index in [0.717, 1.165) is 45.1 Å². The molecule has 4 rings (SSSR count). The van der Waals surface area contributed by atoms with Crippen LogP contribution in [0.25, 0.3) is 0 Å². The van der Waals surface area contributed by atoms with Crippen LogP contribution in [0.3, 0.4) is 0 Å². The van der Waals surface area contributed by atoms with Crippen molar-refractivity contribution < 1.29 is 14.7 Å². The zero-order valence-corrected chi connectivity index (χ0v) is 15.6. The van der Waals surface area contributed by atoms with E-state index in [4.69, 9.17) is 16.7 Å². The van der Waals surface area contributed by atoms with Gasteiger partial charge < -0.3 is 14.9 Å². The van der Waals surface area contributed by atoms with E-state index in [2.05, 4.69) is 17.0 Å². The van der Waals surface area contributed by atoms with Crippen LogP contribution in [0.15, 0.2) is 24.3 Å². The van der Waals surface area contributed by atoms with Gasteiger partial charge in [-0.2, -0.15) is 0 Å². The minimum absolute atomic E-state index is 0.146. The molecule has 0 aromatic heterocycles. The normalized spacial score (nSPS) is 25.6. The molecule has 2 aliphatic heterocycles. The molecule has 140 valence electrons. The number of carbonyl (C=O) groups excluding carboxylic acids is 1. The monoisotopic (exact) mass is 376 g/mol. The summed E-state index contributed by atoms with van der Waals surface area (Å²) >= 11 is 6.06. The summed E-state index contributed by atoms with van der Waals surface area (Å²) < 4.78 is 0. The fourth-order valence-corrected chi connectivity index (χ4v) is 5.29. The Hall–Kier alpha value is -1.75. The van der Waals surface area contributed by atoms with Crippen molar-refractivity contribution in [1.82, 2.24) is 9.80 Å². The van der Waals surface area contributed by atoms with E-state index < -0.39 is 6.09 Å². The van der Waals surface area contributed by atoms with E-state index in [1.165, 1.54) is 10.5 Å². The molecule has 1 saturated carbocycles. The van der Waals surface area contributed by atoms with Gasteiger partial charge in [0.2, 0.25) is 5.91 Å². The van der Waals surface area contributed by atoms with Crippen molar-refractivity contribution in [2.24, 2.45) is 11.3 Å². The van der Waals surface area contributed by atoms with Gasteiger partial charge in [0, 0.05) is 24.7 Å². The van der Waals surface area contributed by atoms with Gasteiger partial charge in [-0.15, -0.1) is 0 Å². The van der Waals surface area contributed by atoms with E-state index in [-0.39, 0.29) is 11.5 Å². The zero-order valence-electron chi connectivity index (χ0n) is 14.9. The predicted molar refractivity (Wildman–Crippen MR) is 99.1 cm³/mol. The second kappa shape index (κ2) is 6.76. The lowest BCUT2D eigenvalue weighted by atomic mass is 9.66. The number of halogens is 1. The first-order valence-electron chi connectivity index (χ1n) is 9.56. The minimum Gasteiger partial charge on any atom is -0.465 e. The first-order valence-corrected chi connectivity index (χ1v) is 9.93. The number of nitrogens with zero attached hydrogens (tertiary/aromatic N) is 2. The van der Waals surface area contributed by atoms with Gasteiger partial charge in [-0.25, -0.2) is 4.79 Å². The molecule has 6 heteroatoms. The number of carboxylic acid groups (broad SMARTS) is 1. The van der Waals surface area contributed by atoms with E-state index in [0.29, 0.717) is 29.9 Å². The molecule has 3 aliphatic rings. The maximum atomic E-state index is 13.1. The molecular weight excluding hydrogens is 352 g/mol. The smallest absolute Gasteiger partial charge is 0.407 e. The molecule has 1 spiro atoms. The largest absolute Gasteiger partial charge is 0.465 e. The molecule has 1 aromatic carbocycles. The number of rotatable bonds is 3. The molecule has 1 atom stereocenters. The van der Waals surface area contributed by atoms with Crippen LogP contribution in [-0.4, -0.2) is 46.5 Å². The second-order valence-corrected chi connectivity index (χ2v) is 8.42. The zero-order chi connectivity index (χ0) is 18.3. The van der Waals surface area contributed by atoms with Crippen LogP contribution < -0.4 is 0 Å². The Kier molecular flexibility index (Phi) is 4.59. The van der Waals surface area contributed by atoms with Crippen molar-refractivity contribution in [2.45, 2.75) is 44.6 Å². The molecule has 26 heavy (non-hydrogen) atoms. The third-order valence-electron chi connectivity index (χ3n) is 6.54. The highest BCUT2D eigenvalue weighted by Gasteiger charge is 2.61. The highest BCUT2D eigenvalue weighted by Crippen LogP contribution is 2.59. The van der Waals surface area contributed by atoms with Crippen molar-refractivity contribution in [1.29, 1.82) is 0 Å². The molecule has 3 fully saturated rings. The fourth-order valence-electron chi connectivity index (χ4n) is 5.16. The lowest BCUT2D eigenvalue weighted by Gasteiger charge is -2.56. The van der Waals surface area contributed by atoms with Crippen LogP contribution >= 0.6 is 11.6 Å². The van der Waals surface area contributed by atoms with Crippen LogP contribution in [0, 0.1) is 11.3 Å². The van der Waals surface area contributed by atoms with E-state index in [1.807, 2.05) is 12.1 Å². The summed E-state index contributed by atoms with van der Waals surface area (Å²) in [5.74, 6) is 0.679. The second-order valence-electron chi connectivity index (χ2n) is 7.99. The first-order chi connectivity index (χ1) is 12.5. The van der Waals surface area contributed by atoms with Crippen molar-refractivity contribution in [3.05, 3.63) is 34.9 Å². The predicted octanol–water partition coefficient (Wildman–Crippen LogP) is 4.17. The SMILES string of the molecule is O=C(O)N1CCC(CN2C(=O)C3(CCCC3)C2c2ccc(Cl)cc2)CC1. The topological polar surface area (TPSA) is 60.9 Å². The van der Waals surface area contributed by atoms with Gasteiger partial charge in [0.05, 0.1) is 11.5 Å². The average Bonchev–Trinajstić information content (AvgIpc) is 3.15. The summed E-state index contributed by atoms with van der Waals surface area (Å²) in [6.07, 6.45) is 5.03. The van der Waals surface area contributed by atoms with Gasteiger partial charge in [-0.05, 0) is 49.3 Å². The van der Waals surface area contributed by atoms with Crippen molar-refractivity contribution >= 4 is 23.6 Å². The number of hydrogen-bond acceptors (Lipinski definition) is 2. The third kappa shape index (κ3) is 2.86. The van der Waals surface area contributed by atoms with Crippen LogP contribution in [0.5, 0.6) is 0 Å². The maximum Gasteiger partial charge on any atom is 0.407 e. The summed E-state index contributed by atoms with van der Waals surface area (Å²) in [4.78, 5) is 27.7. The summed E-state index contributed by atoms with van der Waals surface area (Å²) in [5.41, 5.74) is 0.967. The molecule has 1 aromatic rings. The molecule has 0 bridgehead atoms. The maximum absolute atomic E-state index is 13.1. The molecule has 1 N–H and O–H groups in total. The van der Waals surface area contributed by atoms with Crippen LogP contribution in [0.4, 0.5) is 4.79 Å². The lowest BCUT2D eigenvalue weighted by molar-refractivity contribution is -0.175. The summed E-state index contributed by atoms with van der Waals surface area (Å²) in [6, 6.07) is 8.07. The van der Waals surface area contributed by atoms with E-state index >= 15 is 0 Å². The number of benzene rings is 1. The Bertz CT molecular complexity index is 692. The van der Waals surface area contributed by atoms with Gasteiger partial charge in [-0.3, -0.25) is 4.79 Å². The van der Waals surface area contributed by atoms with Crippen LogP contribution in [0.1, 0.15) is 50.1 Å². The molecule has 1 aliphatic carbocycles. The third-order valence-corrected chi connectivity index (χ3v) is 6.80. The number of β-lactam (4-membered cyclic amide) rings is 1. The highest BCUT2D eigenvalue weighted by molar-refractivity contribution is 6.30. The van der Waals surface area contributed by atoms with Gasteiger partial charge >= 0.3 is 6.09 Å². The van der Waals surface area contributed by atoms with Crippen LogP contribution in [0.2, 0.25) is 5.02 Å². The standard InChI is InChI=1S/C20H25ClN2O3/c21-16-5-3-15(4-6-16)17-20(9-1-2-10-20)18(24)23(17)13-14-7-11-22(12-8-14)19(25)26/h3-6,14,17H,1-2,7-13H2,(H,25,26). The number of carbonyl (C=O) groups is 2. The average molecular weight is 377 g/mol. The van der Waals surface area contributed by atoms with Gasteiger partial charge in [-0.1, -0.05) is 36.6 Å². The van der Waals surface area contributed by atoms with E-state index in [9.17, 15) is 9.59 Å². The molecule has 2 heterocycles. The molecule has 1 unspecified atom stereocenters. The number of likely N-dealkylation sites (tertiary alicyclic amines) is 2. The van der Waals surface area contributed by atoms with E-state index in [1.54, 1.807) is 0 Å². The fraction of sp³-hybridized carbons (Fsp3) is 0.600. The Morgan fingerprint density at radius 3 is 2.35 bits per heavy atom. The van der Waals surface area contributed by atoms with Crippen LogP contribution in [-0.2, 0) is 4.79 Å². The van der Waals surface area contributed by atoms with Crippen molar-refractivity contribution in [2.75, 3.05) is 19.6 Å². The number of hydrogen-bond donors (Lipinski definition) is 1. The Morgan fingerprint density at radius 2 is 1.77 bits per heavy atom. The molecule has 5 nitrogen and oxygen atoms in total. The highest BCUT2D eigenvalue weighted by atomic mass is 35.5. The van der Waals surface area contributed by atoms with Crippen molar-refractivity contribution in [3.8, 4) is 0 Å². The van der Waals surface area contributed by atoms with Gasteiger partial charge in [0.15, 0.2) is 0 Å². The quantitative estimate of drug-likeness (QED) is 0.805. The van der Waals surface area contributed by atoms with Gasteiger partial charge in [0.1, 0.15) is 0 Å². The molecular formula is C20H25ClN2O3. The summed E-state index contributed by atoms with van der Waals surface area (Å²) in [6.45, 7) is 1.87. The number of amides is 2. The molecule has 2 amide bonds. The Labute approximate surface area is 158 Å². The minimum atomic E-state index is -0.840. The lowest BCUT2D eigenvalue weighted by Crippen LogP contribution is -2.63. The molecule has 0 radical (unpaired) electrons. The Morgan fingerprint density at radius 1 is 1.15 bits per heavy atom. The summed E-state index contributed by atoms with van der Waals surface area (Å²) in [7, 11) is 0.